The normalized spacial score (nSPS) is 16.7. The van der Waals surface area contributed by atoms with Crippen molar-refractivity contribution in [1.29, 1.82) is 0 Å². The molecule has 2 N–H and O–H groups in total. The maximum atomic E-state index is 14.4. The second-order valence-electron chi connectivity index (χ2n) is 7.96. The molecule has 0 fully saturated rings. The molecule has 0 radical (unpaired) electrons. The van der Waals surface area contributed by atoms with Crippen molar-refractivity contribution in [2.24, 2.45) is 0 Å². The Kier molecular flexibility index (Phi) is 4.62. The summed E-state index contributed by atoms with van der Waals surface area (Å²) in [5.74, 6) is 0.115. The predicted octanol–water partition coefficient (Wildman–Crippen LogP) is 3.22. The van der Waals surface area contributed by atoms with Crippen LogP contribution in [0, 0.1) is 5.82 Å². The van der Waals surface area contributed by atoms with Crippen molar-refractivity contribution < 1.29 is 9.50 Å². The van der Waals surface area contributed by atoms with Crippen molar-refractivity contribution in [1.82, 2.24) is 29.5 Å². The molecule has 8 nitrogen and oxygen atoms in total. The third-order valence-corrected chi connectivity index (χ3v) is 5.99. The number of imidazole rings is 1. The fourth-order valence-electron chi connectivity index (χ4n) is 4.38. The number of pyridine rings is 1. The molecule has 0 amide bonds. The van der Waals surface area contributed by atoms with Crippen LogP contribution in [0.2, 0.25) is 0 Å². The molecular formula is C24H20FN7O. The Labute approximate surface area is 188 Å². The molecule has 2 atom stereocenters. The Hall–Kier alpha value is -4.11. The average Bonchev–Trinajstić information content (AvgIpc) is 3.51. The quantitative estimate of drug-likeness (QED) is 0.445. The number of aliphatic hydroxyl groups excluding tert-OH is 1. The third kappa shape index (κ3) is 3.33. The highest BCUT2D eigenvalue weighted by Crippen LogP contribution is 2.36. The van der Waals surface area contributed by atoms with Crippen molar-refractivity contribution in [3.63, 3.8) is 0 Å². The maximum absolute atomic E-state index is 14.4. The van der Waals surface area contributed by atoms with E-state index in [-0.39, 0.29) is 5.82 Å². The zero-order chi connectivity index (χ0) is 22.4. The lowest BCUT2D eigenvalue weighted by Crippen LogP contribution is -2.38. The Bertz CT molecular complexity index is 1430. The van der Waals surface area contributed by atoms with Gasteiger partial charge in [0.05, 0.1) is 23.4 Å². The van der Waals surface area contributed by atoms with Crippen LogP contribution in [0.15, 0.2) is 73.3 Å². The van der Waals surface area contributed by atoms with Gasteiger partial charge in [0.1, 0.15) is 23.5 Å². The van der Waals surface area contributed by atoms with E-state index in [0.29, 0.717) is 29.4 Å². The predicted molar refractivity (Wildman–Crippen MR) is 119 cm³/mol. The molecule has 1 aliphatic heterocycles. The number of anilines is 1. The molecule has 9 heteroatoms. The van der Waals surface area contributed by atoms with Crippen molar-refractivity contribution in [3.05, 3.63) is 107 Å². The minimum absolute atomic E-state index is 0.343. The highest BCUT2D eigenvalue weighted by atomic mass is 19.1. The van der Waals surface area contributed by atoms with Gasteiger partial charge < -0.3 is 15.0 Å². The molecule has 0 bridgehead atoms. The number of fused-ring (bicyclic) bond motifs is 2. The van der Waals surface area contributed by atoms with E-state index < -0.39 is 12.1 Å². The lowest BCUT2D eigenvalue weighted by Gasteiger charge is -2.34. The zero-order valence-electron chi connectivity index (χ0n) is 17.5. The van der Waals surface area contributed by atoms with Gasteiger partial charge in [-0.25, -0.2) is 23.9 Å². The van der Waals surface area contributed by atoms with E-state index in [0.717, 1.165) is 23.4 Å². The molecule has 6 rings (SSSR count). The Morgan fingerprint density at radius 1 is 1.09 bits per heavy atom. The maximum Gasteiger partial charge on any atom is 0.226 e. The number of hydrogen-bond donors (Lipinski definition) is 2. The highest BCUT2D eigenvalue weighted by Gasteiger charge is 2.35. The lowest BCUT2D eigenvalue weighted by atomic mass is 10.00. The van der Waals surface area contributed by atoms with E-state index >= 15 is 0 Å². The highest BCUT2D eigenvalue weighted by molar-refractivity contribution is 5.53. The first-order chi connectivity index (χ1) is 16.2. The van der Waals surface area contributed by atoms with Crippen molar-refractivity contribution in [3.8, 4) is 0 Å². The van der Waals surface area contributed by atoms with Crippen molar-refractivity contribution in [2.75, 3.05) is 11.4 Å². The Morgan fingerprint density at radius 3 is 2.82 bits per heavy atom. The molecule has 33 heavy (non-hydrogen) atoms. The number of aromatic amines is 1. The van der Waals surface area contributed by atoms with Crippen LogP contribution in [-0.2, 0) is 6.42 Å². The molecule has 0 aliphatic carbocycles. The fraction of sp³-hybridized carbons (Fsp3) is 0.167. The summed E-state index contributed by atoms with van der Waals surface area (Å²) in [6.07, 6.45) is 4.87. The van der Waals surface area contributed by atoms with E-state index in [2.05, 4.69) is 20.1 Å². The van der Waals surface area contributed by atoms with Gasteiger partial charge in [0, 0.05) is 31.1 Å². The van der Waals surface area contributed by atoms with Crippen LogP contribution in [0.3, 0.4) is 0 Å². The van der Waals surface area contributed by atoms with Gasteiger partial charge in [-0.05, 0) is 29.8 Å². The Morgan fingerprint density at radius 2 is 1.97 bits per heavy atom. The number of rotatable bonds is 4. The summed E-state index contributed by atoms with van der Waals surface area (Å²) in [6.45, 7) is 0.612. The van der Waals surface area contributed by atoms with Crippen LogP contribution in [0.5, 0.6) is 0 Å². The van der Waals surface area contributed by atoms with E-state index in [1.807, 2.05) is 35.2 Å². The van der Waals surface area contributed by atoms with Gasteiger partial charge in [-0.2, -0.15) is 5.10 Å². The van der Waals surface area contributed by atoms with Gasteiger partial charge in [-0.1, -0.05) is 30.3 Å². The number of aromatic nitrogens is 6. The van der Waals surface area contributed by atoms with Gasteiger partial charge in [0.25, 0.3) is 0 Å². The van der Waals surface area contributed by atoms with Crippen molar-refractivity contribution >= 4 is 11.5 Å². The molecular weight excluding hydrogens is 421 g/mol. The minimum Gasteiger partial charge on any atom is -0.382 e. The first-order valence-electron chi connectivity index (χ1n) is 10.7. The molecule has 0 spiro atoms. The fourth-order valence-corrected chi connectivity index (χ4v) is 4.38. The van der Waals surface area contributed by atoms with Crippen LogP contribution < -0.4 is 4.90 Å². The molecule has 1 unspecified atom stereocenters. The van der Waals surface area contributed by atoms with Crippen LogP contribution in [0.4, 0.5) is 10.3 Å². The molecule has 5 heterocycles. The third-order valence-electron chi connectivity index (χ3n) is 5.99. The molecule has 4 aromatic heterocycles. The number of nitrogens with one attached hydrogen (secondary N) is 1. The zero-order valence-corrected chi connectivity index (χ0v) is 17.5. The minimum atomic E-state index is -0.874. The van der Waals surface area contributed by atoms with E-state index in [1.165, 1.54) is 10.6 Å². The van der Waals surface area contributed by atoms with Gasteiger partial charge in [-0.3, -0.25) is 0 Å². The second-order valence-corrected chi connectivity index (χ2v) is 7.96. The molecule has 0 saturated carbocycles. The number of nitrogens with zero attached hydrogens (tertiary/aromatic N) is 6. The molecule has 0 saturated heterocycles. The monoisotopic (exact) mass is 441 g/mol. The summed E-state index contributed by atoms with van der Waals surface area (Å²) >= 11 is 0. The topological polar surface area (TPSA) is 95.2 Å². The molecule has 5 aromatic rings. The summed E-state index contributed by atoms with van der Waals surface area (Å²) in [7, 11) is 0. The summed E-state index contributed by atoms with van der Waals surface area (Å²) in [6, 6.07) is 15.5. The van der Waals surface area contributed by atoms with Crippen LogP contribution >= 0.6 is 0 Å². The molecule has 1 aliphatic rings. The average molecular weight is 441 g/mol. The summed E-state index contributed by atoms with van der Waals surface area (Å²) < 4.78 is 15.9. The lowest BCUT2D eigenvalue weighted by molar-refractivity contribution is 0.215. The van der Waals surface area contributed by atoms with Gasteiger partial charge in [-0.15, -0.1) is 0 Å². The van der Waals surface area contributed by atoms with E-state index in [1.54, 1.807) is 36.9 Å². The number of benzene rings is 1. The van der Waals surface area contributed by atoms with Crippen LogP contribution in [-0.4, -0.2) is 41.2 Å². The first-order valence-corrected chi connectivity index (χ1v) is 10.7. The Balaban J connectivity index is 1.44. The molecule has 164 valence electrons. The smallest absolute Gasteiger partial charge is 0.226 e. The summed E-state index contributed by atoms with van der Waals surface area (Å²) in [5, 5.41) is 15.5. The van der Waals surface area contributed by atoms with E-state index in [9.17, 15) is 9.50 Å². The second kappa shape index (κ2) is 7.79. The van der Waals surface area contributed by atoms with Crippen molar-refractivity contribution in [2.45, 2.75) is 18.6 Å². The van der Waals surface area contributed by atoms with Gasteiger partial charge >= 0.3 is 0 Å². The summed E-state index contributed by atoms with van der Waals surface area (Å²) in [5.41, 5.74) is 4.11. The van der Waals surface area contributed by atoms with Crippen LogP contribution in [0.25, 0.3) is 5.52 Å². The van der Waals surface area contributed by atoms with Gasteiger partial charge in [0.15, 0.2) is 0 Å². The van der Waals surface area contributed by atoms with Gasteiger partial charge in [0.2, 0.25) is 5.95 Å². The standard InChI is InChI=1S/C24H20FN7O/c25-16-7-4-11-32-20(16)13-19(30-32)22-21-17(27-14-28-21)9-12-31(22)24-26-10-8-18(29-24)23(33)15-5-2-1-3-6-15/h1-8,10-11,13-14,22-23,33H,9,12H2,(H,27,28)/t22-,23?/m1/s1. The largest absolute Gasteiger partial charge is 0.382 e. The number of halogens is 1. The summed E-state index contributed by atoms with van der Waals surface area (Å²) in [4.78, 5) is 18.9. The number of aliphatic hydroxyl groups is 1. The SMILES string of the molecule is OC(c1ccccc1)c1ccnc(N2CCc3[nH]cnc3[C@H]2c2cc3c(F)cccn3n2)n1. The number of hydrogen-bond acceptors (Lipinski definition) is 6. The molecule has 1 aromatic carbocycles. The number of H-pyrrole nitrogens is 1. The van der Waals surface area contributed by atoms with Crippen LogP contribution in [0.1, 0.15) is 40.5 Å². The van der Waals surface area contributed by atoms with E-state index in [4.69, 9.17) is 4.98 Å². The first kappa shape index (κ1) is 19.6.